The SMILES string of the molecule is C[C@@H](CCO)CCCCCCCCCO. The highest BCUT2D eigenvalue weighted by Gasteiger charge is 2.00. The number of aliphatic hydroxyl groups excluding tert-OH is 2. The van der Waals surface area contributed by atoms with Gasteiger partial charge in [-0.1, -0.05) is 51.9 Å². The zero-order valence-electron chi connectivity index (χ0n) is 10.2. The largest absolute Gasteiger partial charge is 0.396 e. The Morgan fingerprint density at radius 3 is 1.73 bits per heavy atom. The van der Waals surface area contributed by atoms with Gasteiger partial charge in [0.1, 0.15) is 0 Å². The quantitative estimate of drug-likeness (QED) is 0.521. The van der Waals surface area contributed by atoms with Gasteiger partial charge in [0, 0.05) is 13.2 Å². The van der Waals surface area contributed by atoms with Crippen molar-refractivity contribution in [2.24, 2.45) is 5.92 Å². The molecule has 0 aromatic rings. The maximum atomic E-state index is 8.74. The summed E-state index contributed by atoms with van der Waals surface area (Å²) < 4.78 is 0. The molecule has 1 atom stereocenters. The molecular weight excluding hydrogens is 188 g/mol. The molecule has 0 aromatic heterocycles. The fourth-order valence-corrected chi connectivity index (χ4v) is 1.85. The molecule has 0 aliphatic heterocycles. The fourth-order valence-electron chi connectivity index (χ4n) is 1.85. The van der Waals surface area contributed by atoms with Gasteiger partial charge < -0.3 is 10.2 Å². The summed E-state index contributed by atoms with van der Waals surface area (Å²) in [5, 5.41) is 17.3. The Morgan fingerprint density at radius 2 is 1.20 bits per heavy atom. The molecular formula is C13H28O2. The van der Waals surface area contributed by atoms with Crippen molar-refractivity contribution in [3.8, 4) is 0 Å². The first-order chi connectivity index (χ1) is 7.31. The molecule has 0 aromatic carbocycles. The van der Waals surface area contributed by atoms with E-state index in [4.69, 9.17) is 10.2 Å². The highest BCUT2D eigenvalue weighted by Crippen LogP contribution is 2.14. The second-order valence-electron chi connectivity index (χ2n) is 4.60. The van der Waals surface area contributed by atoms with Crippen molar-refractivity contribution in [2.75, 3.05) is 13.2 Å². The maximum Gasteiger partial charge on any atom is 0.0433 e. The van der Waals surface area contributed by atoms with Crippen molar-refractivity contribution >= 4 is 0 Å². The fraction of sp³-hybridized carbons (Fsp3) is 1.00. The van der Waals surface area contributed by atoms with Crippen LogP contribution < -0.4 is 0 Å². The Kier molecular flexibility index (Phi) is 11.9. The molecule has 0 unspecified atom stereocenters. The smallest absolute Gasteiger partial charge is 0.0433 e. The number of unbranched alkanes of at least 4 members (excludes halogenated alkanes) is 6. The van der Waals surface area contributed by atoms with E-state index in [1.54, 1.807) is 0 Å². The third kappa shape index (κ3) is 11.8. The summed E-state index contributed by atoms with van der Waals surface area (Å²) in [5.74, 6) is 0.685. The first-order valence-corrected chi connectivity index (χ1v) is 6.53. The van der Waals surface area contributed by atoms with Crippen LogP contribution in [0.5, 0.6) is 0 Å². The lowest BCUT2D eigenvalue weighted by Crippen LogP contribution is -1.97. The van der Waals surface area contributed by atoms with Gasteiger partial charge in [-0.05, 0) is 18.8 Å². The molecule has 0 rings (SSSR count). The van der Waals surface area contributed by atoms with E-state index >= 15 is 0 Å². The Hall–Kier alpha value is -0.0800. The Bertz CT molecular complexity index is 115. The standard InChI is InChI=1S/C13H28O2/c1-13(10-12-15)9-7-5-3-2-4-6-8-11-14/h13-15H,2-12H2,1H3/t13-/m1/s1. The molecule has 0 fully saturated rings. The second-order valence-corrected chi connectivity index (χ2v) is 4.60. The minimum absolute atomic E-state index is 0.336. The maximum absolute atomic E-state index is 8.74. The first kappa shape index (κ1) is 14.9. The van der Waals surface area contributed by atoms with Gasteiger partial charge >= 0.3 is 0 Å². The number of aliphatic hydroxyl groups is 2. The van der Waals surface area contributed by atoms with Crippen LogP contribution in [0.4, 0.5) is 0 Å². The summed E-state index contributed by atoms with van der Waals surface area (Å²) in [6, 6.07) is 0. The molecule has 0 saturated carbocycles. The summed E-state index contributed by atoms with van der Waals surface area (Å²) in [4.78, 5) is 0. The van der Waals surface area contributed by atoms with Crippen LogP contribution in [-0.4, -0.2) is 23.4 Å². The minimum Gasteiger partial charge on any atom is -0.396 e. The predicted molar refractivity (Wildman–Crippen MR) is 64.9 cm³/mol. The molecule has 0 heterocycles. The molecule has 2 heteroatoms. The Morgan fingerprint density at radius 1 is 0.667 bits per heavy atom. The van der Waals surface area contributed by atoms with Crippen LogP contribution in [0.25, 0.3) is 0 Å². The molecule has 0 saturated heterocycles. The van der Waals surface area contributed by atoms with E-state index in [-0.39, 0.29) is 0 Å². The highest BCUT2D eigenvalue weighted by atomic mass is 16.3. The molecule has 0 aliphatic carbocycles. The first-order valence-electron chi connectivity index (χ1n) is 6.53. The zero-order valence-corrected chi connectivity index (χ0v) is 10.2. The summed E-state index contributed by atoms with van der Waals surface area (Å²) in [7, 11) is 0. The monoisotopic (exact) mass is 216 g/mol. The lowest BCUT2D eigenvalue weighted by Gasteiger charge is -2.08. The summed E-state index contributed by atoms with van der Waals surface area (Å²) in [6.07, 6.45) is 10.9. The van der Waals surface area contributed by atoms with Crippen molar-refractivity contribution < 1.29 is 10.2 Å². The van der Waals surface area contributed by atoms with E-state index < -0.39 is 0 Å². The van der Waals surface area contributed by atoms with Gasteiger partial charge in [0.2, 0.25) is 0 Å². The molecule has 0 spiro atoms. The lowest BCUT2D eigenvalue weighted by atomic mass is 9.99. The average molecular weight is 216 g/mol. The molecule has 92 valence electrons. The predicted octanol–water partition coefficient (Wildman–Crippen LogP) is 3.12. The van der Waals surface area contributed by atoms with Crippen molar-refractivity contribution in [3.63, 3.8) is 0 Å². The minimum atomic E-state index is 0.336. The van der Waals surface area contributed by atoms with Crippen molar-refractivity contribution in [3.05, 3.63) is 0 Å². The topological polar surface area (TPSA) is 40.5 Å². The van der Waals surface area contributed by atoms with Gasteiger partial charge in [-0.15, -0.1) is 0 Å². The highest BCUT2D eigenvalue weighted by molar-refractivity contribution is 4.53. The molecule has 2 nitrogen and oxygen atoms in total. The van der Waals surface area contributed by atoms with Crippen LogP contribution >= 0.6 is 0 Å². The van der Waals surface area contributed by atoms with E-state index in [9.17, 15) is 0 Å². The van der Waals surface area contributed by atoms with Gasteiger partial charge in [0.15, 0.2) is 0 Å². The summed E-state index contributed by atoms with van der Waals surface area (Å²) in [6.45, 7) is 2.90. The van der Waals surface area contributed by atoms with Crippen LogP contribution in [-0.2, 0) is 0 Å². The Balaban J connectivity index is 2.98. The van der Waals surface area contributed by atoms with Gasteiger partial charge in [-0.2, -0.15) is 0 Å². The molecule has 0 radical (unpaired) electrons. The Labute approximate surface area is 94.7 Å². The second kappa shape index (κ2) is 12.0. The third-order valence-electron chi connectivity index (χ3n) is 2.98. The zero-order chi connectivity index (χ0) is 11.4. The van der Waals surface area contributed by atoms with Gasteiger partial charge in [-0.25, -0.2) is 0 Å². The number of hydrogen-bond donors (Lipinski definition) is 2. The molecule has 2 N–H and O–H groups in total. The van der Waals surface area contributed by atoms with Crippen LogP contribution in [0.2, 0.25) is 0 Å². The molecule has 0 bridgehead atoms. The van der Waals surface area contributed by atoms with Crippen LogP contribution in [0.3, 0.4) is 0 Å². The molecule has 0 amide bonds. The number of rotatable bonds is 11. The van der Waals surface area contributed by atoms with Gasteiger partial charge in [0.05, 0.1) is 0 Å². The lowest BCUT2D eigenvalue weighted by molar-refractivity contribution is 0.256. The molecule has 15 heavy (non-hydrogen) atoms. The van der Waals surface area contributed by atoms with E-state index in [0.29, 0.717) is 19.1 Å². The van der Waals surface area contributed by atoms with Crippen molar-refractivity contribution in [1.82, 2.24) is 0 Å². The van der Waals surface area contributed by atoms with E-state index in [0.717, 1.165) is 12.8 Å². The van der Waals surface area contributed by atoms with E-state index in [1.807, 2.05) is 0 Å². The van der Waals surface area contributed by atoms with Gasteiger partial charge in [-0.3, -0.25) is 0 Å². The van der Waals surface area contributed by atoms with Crippen molar-refractivity contribution in [2.45, 2.75) is 64.7 Å². The van der Waals surface area contributed by atoms with E-state index in [1.165, 1.54) is 44.9 Å². The van der Waals surface area contributed by atoms with Crippen LogP contribution in [0.15, 0.2) is 0 Å². The molecule has 0 aliphatic rings. The van der Waals surface area contributed by atoms with Crippen LogP contribution in [0, 0.1) is 5.92 Å². The van der Waals surface area contributed by atoms with E-state index in [2.05, 4.69) is 6.92 Å². The normalized spacial score (nSPS) is 13.0. The van der Waals surface area contributed by atoms with Crippen molar-refractivity contribution in [1.29, 1.82) is 0 Å². The number of hydrogen-bond acceptors (Lipinski definition) is 2. The summed E-state index contributed by atoms with van der Waals surface area (Å²) >= 11 is 0. The van der Waals surface area contributed by atoms with Gasteiger partial charge in [0.25, 0.3) is 0 Å². The van der Waals surface area contributed by atoms with Crippen LogP contribution in [0.1, 0.15) is 64.7 Å². The average Bonchev–Trinajstić information content (AvgIpc) is 2.22. The third-order valence-corrected chi connectivity index (χ3v) is 2.98. The summed E-state index contributed by atoms with van der Waals surface area (Å²) in [5.41, 5.74) is 0.